The van der Waals surface area contributed by atoms with Gasteiger partial charge in [-0.05, 0) is 0 Å². The molecule has 0 heterocycles. The quantitative estimate of drug-likeness (QED) is 0.371. The first-order chi connectivity index (χ1) is 5.93. The van der Waals surface area contributed by atoms with Gasteiger partial charge in [-0.3, -0.25) is 6.08 Å². The first-order valence-electron chi connectivity index (χ1n) is 3.88. The minimum absolute atomic E-state index is 0. The van der Waals surface area contributed by atoms with E-state index in [2.05, 4.69) is 18.2 Å². The molecule has 0 radical (unpaired) electrons. The number of hydrogen-bond donors (Lipinski definition) is 0. The van der Waals surface area contributed by atoms with Crippen LogP contribution in [-0.2, 0) is 21.9 Å². The number of allylic oxidation sites excluding steroid dienone is 8. The van der Waals surface area contributed by atoms with E-state index in [1.807, 2.05) is 18.2 Å². The Morgan fingerprint density at radius 1 is 1.31 bits per heavy atom. The summed E-state index contributed by atoms with van der Waals surface area (Å²) in [6.45, 7) is 0. The van der Waals surface area contributed by atoms with Crippen molar-refractivity contribution in [3.63, 3.8) is 0 Å². The molecule has 0 aromatic heterocycles. The number of aldehydes is 1. The second kappa shape index (κ2) is 7.78. The molecular formula is C11H10FeO. The molecule has 2 heteroatoms. The number of carbonyl (C=O) groups is 1. The third-order valence-corrected chi connectivity index (χ3v) is 1.43. The Bertz CT molecular complexity index is 249. The van der Waals surface area contributed by atoms with Crippen molar-refractivity contribution in [3.8, 4) is 0 Å². The van der Waals surface area contributed by atoms with Crippen molar-refractivity contribution in [2.45, 2.75) is 12.8 Å². The SMILES string of the molecule is O=CC1=[C-]CC=C1.[C-]1=CC=CC1.[Fe+2]. The van der Waals surface area contributed by atoms with Crippen molar-refractivity contribution in [3.05, 3.63) is 48.1 Å². The molecule has 1 nitrogen and oxygen atoms in total. The molecule has 2 rings (SSSR count). The van der Waals surface area contributed by atoms with Crippen molar-refractivity contribution in [1.29, 1.82) is 0 Å². The van der Waals surface area contributed by atoms with Crippen molar-refractivity contribution in [2.75, 3.05) is 0 Å². The minimum atomic E-state index is 0. The first kappa shape index (κ1) is 12.1. The Morgan fingerprint density at radius 3 is 2.38 bits per heavy atom. The fraction of sp³-hybridized carbons (Fsp3) is 0.182. The van der Waals surface area contributed by atoms with Gasteiger partial charge in [-0.25, -0.2) is 12.2 Å². The van der Waals surface area contributed by atoms with Gasteiger partial charge >= 0.3 is 17.1 Å². The zero-order valence-electron chi connectivity index (χ0n) is 7.14. The summed E-state index contributed by atoms with van der Waals surface area (Å²) in [6, 6.07) is 0. The maximum atomic E-state index is 9.86. The van der Waals surface area contributed by atoms with E-state index in [-0.39, 0.29) is 17.1 Å². The van der Waals surface area contributed by atoms with Crippen LogP contribution in [-0.4, -0.2) is 6.29 Å². The summed E-state index contributed by atoms with van der Waals surface area (Å²) in [7, 11) is 0. The van der Waals surface area contributed by atoms with Crippen LogP contribution in [0, 0.1) is 12.2 Å². The van der Waals surface area contributed by atoms with Gasteiger partial charge in [0.15, 0.2) is 0 Å². The Kier molecular flexibility index (Phi) is 7.27. The van der Waals surface area contributed by atoms with Crippen LogP contribution in [0.15, 0.2) is 36.0 Å². The monoisotopic (exact) mass is 214 g/mol. The molecule has 0 N–H and O–H groups in total. The second-order valence-electron chi connectivity index (χ2n) is 2.36. The van der Waals surface area contributed by atoms with Gasteiger partial charge in [0.1, 0.15) is 0 Å². The maximum Gasteiger partial charge on any atom is 2.00 e. The van der Waals surface area contributed by atoms with Crippen LogP contribution in [0.5, 0.6) is 0 Å². The minimum Gasteiger partial charge on any atom is -0.374 e. The summed E-state index contributed by atoms with van der Waals surface area (Å²) in [5.74, 6) is 0. The molecule has 0 atom stereocenters. The summed E-state index contributed by atoms with van der Waals surface area (Å²) in [4.78, 5) is 9.86. The van der Waals surface area contributed by atoms with E-state index in [9.17, 15) is 4.79 Å². The summed E-state index contributed by atoms with van der Waals surface area (Å²) in [5, 5.41) is 0. The molecule has 13 heavy (non-hydrogen) atoms. The number of carbonyl (C=O) groups excluding carboxylic acids is 1. The molecule has 2 aliphatic rings. The van der Waals surface area contributed by atoms with Crippen LogP contribution in [0.3, 0.4) is 0 Å². The first-order valence-corrected chi connectivity index (χ1v) is 3.88. The zero-order valence-corrected chi connectivity index (χ0v) is 8.24. The predicted octanol–water partition coefficient (Wildman–Crippen LogP) is 2.18. The Balaban J connectivity index is 0.000000215. The van der Waals surface area contributed by atoms with Gasteiger partial charge in [-0.15, -0.1) is 12.5 Å². The average Bonchev–Trinajstić information content (AvgIpc) is 2.81. The Morgan fingerprint density at radius 2 is 2.15 bits per heavy atom. The molecule has 68 valence electrons. The molecule has 0 fully saturated rings. The van der Waals surface area contributed by atoms with Crippen LogP contribution < -0.4 is 0 Å². The van der Waals surface area contributed by atoms with Crippen molar-refractivity contribution in [1.82, 2.24) is 0 Å². The smallest absolute Gasteiger partial charge is 0.374 e. The third kappa shape index (κ3) is 5.40. The van der Waals surface area contributed by atoms with E-state index in [1.54, 1.807) is 6.08 Å². The fourth-order valence-corrected chi connectivity index (χ4v) is 0.843. The zero-order chi connectivity index (χ0) is 8.65. The van der Waals surface area contributed by atoms with E-state index in [4.69, 9.17) is 0 Å². The predicted molar refractivity (Wildman–Crippen MR) is 48.1 cm³/mol. The van der Waals surface area contributed by atoms with E-state index >= 15 is 0 Å². The van der Waals surface area contributed by atoms with Crippen LogP contribution in [0.4, 0.5) is 0 Å². The van der Waals surface area contributed by atoms with Crippen LogP contribution in [0.25, 0.3) is 0 Å². The molecule has 0 aromatic carbocycles. The van der Waals surface area contributed by atoms with E-state index in [0.29, 0.717) is 5.57 Å². The van der Waals surface area contributed by atoms with Crippen LogP contribution >= 0.6 is 0 Å². The molecule has 0 amide bonds. The van der Waals surface area contributed by atoms with Crippen molar-refractivity contribution in [2.24, 2.45) is 0 Å². The average molecular weight is 214 g/mol. The fourth-order valence-electron chi connectivity index (χ4n) is 0.843. The molecule has 2 aliphatic carbocycles. The van der Waals surface area contributed by atoms with Gasteiger partial charge < -0.3 is 4.79 Å². The largest absolute Gasteiger partial charge is 2.00 e. The summed E-state index contributed by atoms with van der Waals surface area (Å²) in [6.07, 6.45) is 18.1. The molecule has 0 spiro atoms. The Labute approximate surface area is 89.4 Å². The van der Waals surface area contributed by atoms with Gasteiger partial charge in [-0.2, -0.15) is 23.8 Å². The van der Waals surface area contributed by atoms with Gasteiger partial charge in [0.2, 0.25) is 0 Å². The molecule has 0 saturated carbocycles. The van der Waals surface area contributed by atoms with E-state index in [0.717, 1.165) is 19.1 Å². The summed E-state index contributed by atoms with van der Waals surface area (Å²) >= 11 is 0. The van der Waals surface area contributed by atoms with Crippen LogP contribution in [0.1, 0.15) is 12.8 Å². The Hall–Kier alpha value is -0.851. The normalized spacial score (nSPS) is 15.8. The standard InChI is InChI=1S/C6H5O.C5H5.Fe/c7-5-6-3-1-2-4-6;1-2-4-5-3-1;/h1,3,5H,2H2;1-3H,4H2;/q2*-1;+2. The molecule has 0 bridgehead atoms. The number of hydrogen-bond acceptors (Lipinski definition) is 1. The molecular weight excluding hydrogens is 204 g/mol. The molecule has 0 saturated heterocycles. The van der Waals surface area contributed by atoms with Crippen LogP contribution in [0.2, 0.25) is 0 Å². The third-order valence-electron chi connectivity index (χ3n) is 1.43. The molecule has 0 aliphatic heterocycles. The van der Waals surface area contributed by atoms with E-state index < -0.39 is 0 Å². The summed E-state index contributed by atoms with van der Waals surface area (Å²) in [5.41, 5.74) is 0.681. The van der Waals surface area contributed by atoms with Crippen molar-refractivity contribution >= 4 is 6.29 Å². The molecule has 0 unspecified atom stereocenters. The van der Waals surface area contributed by atoms with Crippen molar-refractivity contribution < 1.29 is 21.9 Å². The van der Waals surface area contributed by atoms with Gasteiger partial charge in [0.05, 0.1) is 0 Å². The number of rotatable bonds is 1. The topological polar surface area (TPSA) is 17.1 Å². The maximum absolute atomic E-state index is 9.86. The van der Waals surface area contributed by atoms with Gasteiger partial charge in [0, 0.05) is 6.29 Å². The van der Waals surface area contributed by atoms with E-state index in [1.165, 1.54) is 0 Å². The van der Waals surface area contributed by atoms with Gasteiger partial charge in [-0.1, -0.05) is 6.42 Å². The summed E-state index contributed by atoms with van der Waals surface area (Å²) < 4.78 is 0. The van der Waals surface area contributed by atoms with Gasteiger partial charge in [0.25, 0.3) is 0 Å². The second-order valence-corrected chi connectivity index (χ2v) is 2.36. The molecule has 0 aromatic rings.